The number of rotatable bonds is 7. The van der Waals surface area contributed by atoms with Crippen LogP contribution in [-0.4, -0.2) is 43.7 Å². The zero-order valence-electron chi connectivity index (χ0n) is 16.0. The lowest BCUT2D eigenvalue weighted by atomic mass is 10.2. The van der Waals surface area contributed by atoms with Gasteiger partial charge < -0.3 is 20.9 Å². The Hall–Kier alpha value is -2.81. The van der Waals surface area contributed by atoms with Crippen LogP contribution in [0.3, 0.4) is 0 Å². The molecule has 1 saturated carbocycles. The van der Waals surface area contributed by atoms with E-state index in [1.54, 1.807) is 20.2 Å². The van der Waals surface area contributed by atoms with Crippen LogP contribution < -0.4 is 16.0 Å². The van der Waals surface area contributed by atoms with Crippen LogP contribution in [-0.2, 0) is 4.79 Å². The molecule has 28 heavy (non-hydrogen) atoms. The lowest BCUT2D eigenvalue weighted by Crippen LogP contribution is -2.28. The van der Waals surface area contributed by atoms with Gasteiger partial charge in [-0.3, -0.25) is 9.48 Å². The van der Waals surface area contributed by atoms with Crippen molar-refractivity contribution in [2.75, 3.05) is 17.7 Å². The highest BCUT2D eigenvalue weighted by molar-refractivity contribution is 6.32. The minimum absolute atomic E-state index is 0.157. The van der Waals surface area contributed by atoms with Crippen LogP contribution in [0.2, 0.25) is 5.15 Å². The number of aromatic amines is 1. The van der Waals surface area contributed by atoms with E-state index in [0.717, 1.165) is 16.9 Å². The highest BCUT2D eigenvalue weighted by Gasteiger charge is 2.28. The van der Waals surface area contributed by atoms with Crippen molar-refractivity contribution in [3.05, 3.63) is 23.6 Å². The molecule has 1 aliphatic carbocycles. The highest BCUT2D eigenvalue weighted by Crippen LogP contribution is 2.35. The number of likely N-dealkylation sites (N-methyl/N-ethyl adjacent to an activating group) is 1. The van der Waals surface area contributed by atoms with Gasteiger partial charge in [-0.05, 0) is 38.7 Å². The van der Waals surface area contributed by atoms with Gasteiger partial charge in [0.2, 0.25) is 11.9 Å². The molecule has 2 atom stereocenters. The molecular weight excluding hydrogens is 380 g/mol. The van der Waals surface area contributed by atoms with Crippen LogP contribution in [0.4, 0.5) is 17.5 Å². The summed E-state index contributed by atoms with van der Waals surface area (Å²) in [6.45, 7) is 3.92. The van der Waals surface area contributed by atoms with Crippen molar-refractivity contribution in [2.45, 2.75) is 38.8 Å². The summed E-state index contributed by atoms with van der Waals surface area (Å²) in [5.74, 6) is 1.71. The molecule has 0 spiro atoms. The first-order valence-corrected chi connectivity index (χ1v) is 9.69. The molecule has 0 aliphatic heterocycles. The second kappa shape index (κ2) is 7.31. The smallest absolute Gasteiger partial charge is 0.244 e. The van der Waals surface area contributed by atoms with Crippen LogP contribution in [0.15, 0.2) is 18.5 Å². The van der Waals surface area contributed by atoms with Gasteiger partial charge in [0.15, 0.2) is 5.15 Å². The predicted octanol–water partition coefficient (Wildman–Crippen LogP) is 3.07. The Kier molecular flexibility index (Phi) is 4.84. The number of nitrogens with zero attached hydrogens (tertiary/aromatic N) is 4. The van der Waals surface area contributed by atoms with Crippen LogP contribution in [0.25, 0.3) is 11.0 Å². The molecule has 3 aromatic rings. The Morgan fingerprint density at radius 1 is 1.36 bits per heavy atom. The Balaban J connectivity index is 1.61. The van der Waals surface area contributed by atoms with Crippen molar-refractivity contribution in [2.24, 2.45) is 5.92 Å². The molecule has 1 unspecified atom stereocenters. The molecule has 0 saturated heterocycles. The van der Waals surface area contributed by atoms with Gasteiger partial charge in [-0.1, -0.05) is 11.6 Å². The number of carbonyl (C=O) groups excluding carboxylic acids is 1. The summed E-state index contributed by atoms with van der Waals surface area (Å²) in [5.41, 5.74) is 1.26. The fraction of sp³-hybridized carbons (Fsp3) is 0.444. The number of hydrogen-bond donors (Lipinski definition) is 4. The lowest BCUT2D eigenvalue weighted by Gasteiger charge is -2.15. The SMILES string of the molecule is CNC(=O)C(C)n1cc(Nc2nc(N[C@H](C)C3CC3)c3cc[nH]c3n2)c(Cl)n1. The fourth-order valence-electron chi connectivity index (χ4n) is 3.14. The standard InChI is InChI=1S/C18H23ClN8O/c1-9(11-4-5-11)22-16-12-6-7-21-15(12)24-18(25-16)23-13-8-27(26-14(13)19)10(2)17(28)20-3/h6-11H,4-5H2,1-3H3,(H,20,28)(H3,21,22,23,24,25)/t9-,10?/m1/s1. The summed E-state index contributed by atoms with van der Waals surface area (Å²) in [4.78, 5) is 24.1. The Labute approximate surface area is 167 Å². The number of anilines is 3. The number of nitrogens with one attached hydrogen (secondary N) is 4. The number of H-pyrrole nitrogens is 1. The van der Waals surface area contributed by atoms with Crippen molar-refractivity contribution in [3.63, 3.8) is 0 Å². The molecule has 1 aliphatic rings. The van der Waals surface area contributed by atoms with E-state index in [4.69, 9.17) is 11.6 Å². The second-order valence-electron chi connectivity index (χ2n) is 7.14. The first-order chi connectivity index (χ1) is 13.5. The van der Waals surface area contributed by atoms with Gasteiger partial charge >= 0.3 is 0 Å². The Morgan fingerprint density at radius 2 is 2.14 bits per heavy atom. The molecule has 0 aromatic carbocycles. The molecular formula is C18H23ClN8O. The molecule has 0 radical (unpaired) electrons. The van der Waals surface area contributed by atoms with E-state index in [2.05, 4.69) is 42.9 Å². The minimum atomic E-state index is -0.485. The summed E-state index contributed by atoms with van der Waals surface area (Å²) in [7, 11) is 1.58. The van der Waals surface area contributed by atoms with Gasteiger partial charge in [0, 0.05) is 19.3 Å². The lowest BCUT2D eigenvalue weighted by molar-refractivity contribution is -0.123. The van der Waals surface area contributed by atoms with Crippen molar-refractivity contribution in [1.82, 2.24) is 30.0 Å². The summed E-state index contributed by atoms with van der Waals surface area (Å²) in [6.07, 6.45) is 6.01. The van der Waals surface area contributed by atoms with Gasteiger partial charge in [-0.2, -0.15) is 15.1 Å². The topological polar surface area (TPSA) is 113 Å². The molecule has 9 nitrogen and oxygen atoms in total. The third-order valence-corrected chi connectivity index (χ3v) is 5.34. The molecule has 10 heteroatoms. The summed E-state index contributed by atoms with van der Waals surface area (Å²) in [6, 6.07) is 1.82. The van der Waals surface area contributed by atoms with E-state index in [9.17, 15) is 4.79 Å². The summed E-state index contributed by atoms with van der Waals surface area (Å²) >= 11 is 6.25. The average molecular weight is 403 g/mol. The Morgan fingerprint density at radius 3 is 2.86 bits per heavy atom. The highest BCUT2D eigenvalue weighted by atomic mass is 35.5. The van der Waals surface area contributed by atoms with Gasteiger partial charge in [0.1, 0.15) is 17.5 Å². The zero-order valence-corrected chi connectivity index (χ0v) is 16.7. The largest absolute Gasteiger partial charge is 0.367 e. The van der Waals surface area contributed by atoms with Crippen molar-refractivity contribution in [3.8, 4) is 0 Å². The van der Waals surface area contributed by atoms with Crippen LogP contribution in [0.5, 0.6) is 0 Å². The third-order valence-electron chi connectivity index (χ3n) is 5.07. The van der Waals surface area contributed by atoms with Crippen molar-refractivity contribution < 1.29 is 4.79 Å². The maximum Gasteiger partial charge on any atom is 0.244 e. The second-order valence-corrected chi connectivity index (χ2v) is 7.49. The summed E-state index contributed by atoms with van der Waals surface area (Å²) < 4.78 is 1.50. The maximum absolute atomic E-state index is 11.8. The third kappa shape index (κ3) is 3.62. The van der Waals surface area contributed by atoms with E-state index in [1.165, 1.54) is 17.5 Å². The fourth-order valence-corrected chi connectivity index (χ4v) is 3.32. The minimum Gasteiger partial charge on any atom is -0.367 e. The van der Waals surface area contributed by atoms with E-state index < -0.39 is 6.04 Å². The zero-order chi connectivity index (χ0) is 19.8. The van der Waals surface area contributed by atoms with Gasteiger partial charge in [-0.15, -0.1) is 0 Å². The quantitative estimate of drug-likeness (QED) is 0.483. The number of amides is 1. The van der Waals surface area contributed by atoms with E-state index >= 15 is 0 Å². The molecule has 3 heterocycles. The molecule has 0 bridgehead atoms. The maximum atomic E-state index is 11.8. The number of fused-ring (bicyclic) bond motifs is 1. The number of halogens is 1. The monoisotopic (exact) mass is 402 g/mol. The summed E-state index contributed by atoms with van der Waals surface area (Å²) in [5, 5.41) is 14.6. The van der Waals surface area contributed by atoms with Gasteiger partial charge in [-0.25, -0.2) is 0 Å². The molecule has 3 aromatic heterocycles. The predicted molar refractivity (Wildman–Crippen MR) is 109 cm³/mol. The van der Waals surface area contributed by atoms with E-state index in [0.29, 0.717) is 23.6 Å². The van der Waals surface area contributed by atoms with Crippen molar-refractivity contribution in [1.29, 1.82) is 0 Å². The molecule has 1 amide bonds. The molecule has 1 fully saturated rings. The first-order valence-electron chi connectivity index (χ1n) is 9.31. The molecule has 148 valence electrons. The number of carbonyl (C=O) groups is 1. The molecule has 4 rings (SSSR count). The van der Waals surface area contributed by atoms with Crippen LogP contribution in [0, 0.1) is 5.92 Å². The van der Waals surface area contributed by atoms with Crippen molar-refractivity contribution >= 4 is 46.0 Å². The van der Waals surface area contributed by atoms with Gasteiger partial charge in [0.25, 0.3) is 0 Å². The first kappa shape index (κ1) is 18.5. The normalized spacial score (nSPS) is 16.0. The number of aromatic nitrogens is 5. The van der Waals surface area contributed by atoms with E-state index in [-0.39, 0.29) is 11.1 Å². The van der Waals surface area contributed by atoms with Crippen LogP contribution >= 0.6 is 11.6 Å². The van der Waals surface area contributed by atoms with E-state index in [1.807, 2.05) is 12.3 Å². The van der Waals surface area contributed by atoms with Crippen LogP contribution in [0.1, 0.15) is 32.7 Å². The Bertz CT molecular complexity index is 1010. The average Bonchev–Trinajstić information content (AvgIpc) is 3.33. The molecule has 4 N–H and O–H groups in total. The van der Waals surface area contributed by atoms with Gasteiger partial charge in [0.05, 0.1) is 17.3 Å². The number of hydrogen-bond acceptors (Lipinski definition) is 6.